The highest BCUT2D eigenvalue weighted by molar-refractivity contribution is 7.92. The fourth-order valence-electron chi connectivity index (χ4n) is 1.95. The smallest absolute Gasteiger partial charge is 0.264 e. The zero-order valence-electron chi connectivity index (χ0n) is 12.1. The van der Waals surface area contributed by atoms with Gasteiger partial charge in [0.25, 0.3) is 10.0 Å². The second-order valence-corrected chi connectivity index (χ2v) is 7.12. The topological polar surface area (TPSA) is 72.2 Å². The van der Waals surface area contributed by atoms with E-state index < -0.39 is 10.0 Å². The van der Waals surface area contributed by atoms with Gasteiger partial charge in [-0.3, -0.25) is 4.72 Å². The largest absolute Gasteiger partial charge is 0.398 e. The third-order valence-corrected chi connectivity index (χ3v) is 5.02. The van der Waals surface area contributed by atoms with Crippen molar-refractivity contribution in [2.75, 3.05) is 10.5 Å². The molecular weight excluding hydrogens is 308 g/mol. The average Bonchev–Trinajstić information content (AvgIpc) is 2.37. The van der Waals surface area contributed by atoms with E-state index in [2.05, 4.69) is 4.72 Å². The predicted octanol–water partition coefficient (Wildman–Crippen LogP) is 3.65. The summed E-state index contributed by atoms with van der Waals surface area (Å²) in [7, 11) is -3.78. The highest BCUT2D eigenvalue weighted by Crippen LogP contribution is 2.28. The molecule has 112 valence electrons. The average molecular weight is 325 g/mol. The maximum atomic E-state index is 12.5. The van der Waals surface area contributed by atoms with Crippen LogP contribution in [0.15, 0.2) is 35.2 Å². The third-order valence-electron chi connectivity index (χ3n) is 3.28. The Morgan fingerprint density at radius 1 is 1.05 bits per heavy atom. The highest BCUT2D eigenvalue weighted by Gasteiger charge is 2.19. The van der Waals surface area contributed by atoms with E-state index in [1.807, 2.05) is 20.8 Å². The van der Waals surface area contributed by atoms with Gasteiger partial charge in [-0.05, 0) is 61.7 Å². The lowest BCUT2D eigenvalue weighted by Crippen LogP contribution is -2.15. The van der Waals surface area contributed by atoms with Crippen molar-refractivity contribution in [1.82, 2.24) is 0 Å². The van der Waals surface area contributed by atoms with E-state index in [1.54, 1.807) is 30.3 Å². The number of aryl methyl sites for hydroxylation is 3. The Labute approximate surface area is 130 Å². The lowest BCUT2D eigenvalue weighted by molar-refractivity contribution is 0.601. The van der Waals surface area contributed by atoms with Crippen LogP contribution >= 0.6 is 11.6 Å². The highest BCUT2D eigenvalue weighted by atomic mass is 35.5. The summed E-state index contributed by atoms with van der Waals surface area (Å²) < 4.78 is 27.4. The summed E-state index contributed by atoms with van der Waals surface area (Å²) in [5.41, 5.74) is 9.15. The molecule has 0 spiro atoms. The minimum absolute atomic E-state index is 0.0576. The van der Waals surface area contributed by atoms with Crippen LogP contribution in [0.25, 0.3) is 0 Å². The molecule has 0 amide bonds. The van der Waals surface area contributed by atoms with E-state index in [-0.39, 0.29) is 10.6 Å². The predicted molar refractivity (Wildman–Crippen MR) is 87.3 cm³/mol. The minimum atomic E-state index is -3.78. The minimum Gasteiger partial charge on any atom is -0.398 e. The number of nitrogens with one attached hydrogen (secondary N) is 1. The summed E-state index contributed by atoms with van der Waals surface area (Å²) in [4.78, 5) is 0.0576. The van der Waals surface area contributed by atoms with Crippen LogP contribution in [0.1, 0.15) is 16.7 Å². The third kappa shape index (κ3) is 3.31. The Morgan fingerprint density at radius 2 is 1.67 bits per heavy atom. The van der Waals surface area contributed by atoms with E-state index in [9.17, 15) is 8.42 Å². The second-order valence-electron chi connectivity index (χ2n) is 5.06. The number of nitrogens with two attached hydrogens (primary N) is 1. The van der Waals surface area contributed by atoms with Crippen molar-refractivity contribution in [2.24, 2.45) is 0 Å². The van der Waals surface area contributed by atoms with Crippen molar-refractivity contribution in [2.45, 2.75) is 25.7 Å². The Hall–Kier alpha value is -1.72. The van der Waals surface area contributed by atoms with Gasteiger partial charge in [-0.15, -0.1) is 0 Å². The molecule has 0 aliphatic carbocycles. The van der Waals surface area contributed by atoms with Gasteiger partial charge in [0.05, 0.1) is 16.4 Å². The molecule has 0 aromatic heterocycles. The monoisotopic (exact) mass is 324 g/mol. The molecule has 2 rings (SSSR count). The van der Waals surface area contributed by atoms with Crippen LogP contribution in [0.5, 0.6) is 0 Å². The first-order valence-electron chi connectivity index (χ1n) is 6.36. The van der Waals surface area contributed by atoms with Crippen LogP contribution in [-0.2, 0) is 10.0 Å². The van der Waals surface area contributed by atoms with Crippen molar-refractivity contribution in [3.8, 4) is 0 Å². The molecule has 0 aliphatic rings. The Bertz CT molecular complexity index is 802. The maximum Gasteiger partial charge on any atom is 0.264 e. The number of rotatable bonds is 3. The van der Waals surface area contributed by atoms with Crippen molar-refractivity contribution >= 4 is 33.0 Å². The molecule has 0 aliphatic heterocycles. The molecule has 0 heterocycles. The number of hydrogen-bond acceptors (Lipinski definition) is 3. The number of nitrogen functional groups attached to an aromatic ring is 1. The van der Waals surface area contributed by atoms with E-state index in [4.69, 9.17) is 17.3 Å². The Morgan fingerprint density at radius 3 is 2.29 bits per heavy atom. The fourth-order valence-corrected chi connectivity index (χ4v) is 3.56. The molecule has 3 N–H and O–H groups in total. The van der Waals surface area contributed by atoms with Gasteiger partial charge in [0, 0.05) is 0 Å². The first-order chi connectivity index (χ1) is 9.70. The van der Waals surface area contributed by atoms with E-state index in [0.29, 0.717) is 10.7 Å². The van der Waals surface area contributed by atoms with Crippen LogP contribution in [0.3, 0.4) is 0 Å². The van der Waals surface area contributed by atoms with E-state index >= 15 is 0 Å². The van der Waals surface area contributed by atoms with Crippen molar-refractivity contribution in [1.29, 1.82) is 0 Å². The van der Waals surface area contributed by atoms with E-state index in [1.165, 1.54) is 0 Å². The summed E-state index contributed by atoms with van der Waals surface area (Å²) in [6.45, 7) is 5.60. The summed E-state index contributed by atoms with van der Waals surface area (Å²) in [6, 6.07) is 8.33. The van der Waals surface area contributed by atoms with Crippen LogP contribution in [0.2, 0.25) is 5.02 Å². The number of benzene rings is 2. The van der Waals surface area contributed by atoms with Gasteiger partial charge < -0.3 is 5.73 Å². The first-order valence-corrected chi connectivity index (χ1v) is 8.22. The van der Waals surface area contributed by atoms with Gasteiger partial charge in [0.15, 0.2) is 0 Å². The normalized spacial score (nSPS) is 11.4. The van der Waals surface area contributed by atoms with Crippen LogP contribution in [0, 0.1) is 20.8 Å². The van der Waals surface area contributed by atoms with Crippen LogP contribution in [-0.4, -0.2) is 8.42 Å². The number of sulfonamides is 1. The van der Waals surface area contributed by atoms with Gasteiger partial charge >= 0.3 is 0 Å². The molecule has 0 saturated heterocycles. The van der Waals surface area contributed by atoms with E-state index in [0.717, 1.165) is 16.7 Å². The molecule has 0 saturated carbocycles. The lowest BCUT2D eigenvalue weighted by atomic mass is 10.1. The zero-order chi connectivity index (χ0) is 15.8. The van der Waals surface area contributed by atoms with Gasteiger partial charge in [-0.1, -0.05) is 17.7 Å². The lowest BCUT2D eigenvalue weighted by Gasteiger charge is -2.13. The van der Waals surface area contributed by atoms with Gasteiger partial charge in [0.2, 0.25) is 0 Å². The van der Waals surface area contributed by atoms with Crippen LogP contribution in [0.4, 0.5) is 11.4 Å². The standard InChI is InChI=1S/C15H17ClN2O2S/c1-9-4-5-14(12(16)6-9)18-21(19,20)15-8-11(3)10(2)7-13(15)17/h4-8,18H,17H2,1-3H3. The molecule has 6 heteroatoms. The molecule has 0 atom stereocenters. The van der Waals surface area contributed by atoms with Crippen molar-refractivity contribution in [3.63, 3.8) is 0 Å². The number of halogens is 1. The summed E-state index contributed by atoms with van der Waals surface area (Å²) in [6.07, 6.45) is 0. The quantitative estimate of drug-likeness (QED) is 0.846. The first kappa shape index (κ1) is 15.7. The molecule has 4 nitrogen and oxygen atoms in total. The molecule has 0 bridgehead atoms. The molecule has 2 aromatic carbocycles. The molecule has 0 unspecified atom stereocenters. The molecule has 0 radical (unpaired) electrons. The van der Waals surface area contributed by atoms with Gasteiger partial charge in [-0.2, -0.15) is 0 Å². The number of anilines is 2. The summed E-state index contributed by atoms with van der Waals surface area (Å²) in [5, 5.41) is 0.348. The molecule has 2 aromatic rings. The van der Waals surface area contributed by atoms with Gasteiger partial charge in [-0.25, -0.2) is 8.42 Å². The van der Waals surface area contributed by atoms with Crippen molar-refractivity contribution in [3.05, 3.63) is 52.0 Å². The van der Waals surface area contributed by atoms with Crippen molar-refractivity contribution < 1.29 is 8.42 Å². The van der Waals surface area contributed by atoms with Crippen LogP contribution < -0.4 is 10.5 Å². The molecular formula is C15H17ClN2O2S. The molecule has 21 heavy (non-hydrogen) atoms. The SMILES string of the molecule is Cc1ccc(NS(=O)(=O)c2cc(C)c(C)cc2N)c(Cl)c1. The Kier molecular flexibility index (Phi) is 4.16. The summed E-state index contributed by atoms with van der Waals surface area (Å²) in [5.74, 6) is 0. The maximum absolute atomic E-state index is 12.5. The second kappa shape index (κ2) is 5.58. The number of hydrogen-bond donors (Lipinski definition) is 2. The summed E-state index contributed by atoms with van der Waals surface area (Å²) >= 11 is 6.06. The molecule has 0 fully saturated rings. The zero-order valence-corrected chi connectivity index (χ0v) is 13.6. The fraction of sp³-hybridized carbons (Fsp3) is 0.200. The Balaban J connectivity index is 2.46. The van der Waals surface area contributed by atoms with Gasteiger partial charge in [0.1, 0.15) is 4.90 Å².